The number of ether oxygens (including phenoxy) is 1. The van der Waals surface area contributed by atoms with Crippen molar-refractivity contribution in [2.24, 2.45) is 5.73 Å². The highest BCUT2D eigenvalue weighted by atomic mass is 32.2. The summed E-state index contributed by atoms with van der Waals surface area (Å²) in [5.74, 6) is 0.115. The fourth-order valence-electron chi connectivity index (χ4n) is 3.03. The van der Waals surface area contributed by atoms with E-state index in [1.54, 1.807) is 48.8 Å². The van der Waals surface area contributed by atoms with Crippen molar-refractivity contribution < 1.29 is 22.7 Å². The number of primary amides is 1. The number of benzene rings is 3. The Hall–Kier alpha value is -3.46. The highest BCUT2D eigenvalue weighted by Gasteiger charge is 2.28. The highest BCUT2D eigenvalue weighted by Crippen LogP contribution is 2.36. The third-order valence-electron chi connectivity index (χ3n) is 4.51. The van der Waals surface area contributed by atoms with E-state index in [4.69, 9.17) is 10.5 Å². The van der Waals surface area contributed by atoms with E-state index < -0.39 is 11.4 Å². The number of hydrogen-bond donors (Lipinski definition) is 1. The van der Waals surface area contributed by atoms with E-state index in [0.717, 1.165) is 16.8 Å². The fraction of sp³-hybridized carbons (Fsp3) is 0.0909. The van der Waals surface area contributed by atoms with E-state index in [1.165, 1.54) is 12.1 Å². The van der Waals surface area contributed by atoms with Crippen molar-refractivity contribution in [1.29, 1.82) is 0 Å². The third kappa shape index (κ3) is 5.00. The predicted octanol–water partition coefficient (Wildman–Crippen LogP) is 5.32. The second-order valence-corrected chi connectivity index (χ2v) is 7.80. The summed E-state index contributed by atoms with van der Waals surface area (Å²) < 4.78 is 44.8. The molecule has 0 fully saturated rings. The van der Waals surface area contributed by atoms with Gasteiger partial charge < -0.3 is 10.5 Å². The Morgan fingerprint density at radius 2 is 1.74 bits per heavy atom. The van der Waals surface area contributed by atoms with Gasteiger partial charge in [-0.05, 0) is 71.9 Å². The van der Waals surface area contributed by atoms with Crippen molar-refractivity contribution in [1.82, 2.24) is 9.55 Å². The Labute approximate surface area is 179 Å². The summed E-state index contributed by atoms with van der Waals surface area (Å²) in [6, 6.07) is 18.5. The molecular weight excluding hydrogens is 427 g/mol. The molecule has 4 rings (SSSR count). The maximum absolute atomic E-state index is 12.4. The molecule has 158 valence electrons. The van der Waals surface area contributed by atoms with Crippen molar-refractivity contribution in [3.05, 3.63) is 84.2 Å². The molecule has 4 aromatic rings. The molecule has 1 heterocycles. The highest BCUT2D eigenvalue weighted by molar-refractivity contribution is 8.00. The average Bonchev–Trinajstić information content (AvgIpc) is 3.16. The molecular formula is C22H16F3N3O2S. The van der Waals surface area contributed by atoms with E-state index in [2.05, 4.69) is 4.98 Å². The zero-order chi connectivity index (χ0) is 22.0. The van der Waals surface area contributed by atoms with Gasteiger partial charge in [0.1, 0.15) is 18.7 Å². The Morgan fingerprint density at radius 3 is 2.39 bits per heavy atom. The molecule has 1 amide bonds. The van der Waals surface area contributed by atoms with Gasteiger partial charge in [0.2, 0.25) is 5.91 Å². The molecule has 1 aromatic heterocycles. The summed E-state index contributed by atoms with van der Waals surface area (Å²) in [4.78, 5) is 15.8. The van der Waals surface area contributed by atoms with Gasteiger partial charge in [-0.1, -0.05) is 12.1 Å². The lowest BCUT2D eigenvalue weighted by atomic mass is 10.2. The van der Waals surface area contributed by atoms with Crippen LogP contribution in [0, 0.1) is 0 Å². The van der Waals surface area contributed by atoms with Gasteiger partial charge in [-0.25, -0.2) is 4.98 Å². The number of alkyl halides is 3. The van der Waals surface area contributed by atoms with Crippen molar-refractivity contribution in [2.75, 3.05) is 0 Å². The minimum absolute atomic E-state index is 0.135. The first-order chi connectivity index (χ1) is 14.8. The Balaban J connectivity index is 1.43. The molecule has 31 heavy (non-hydrogen) atoms. The number of carbonyl (C=O) groups is 1. The molecule has 0 aliphatic rings. The van der Waals surface area contributed by atoms with Crippen molar-refractivity contribution in [3.63, 3.8) is 0 Å². The monoisotopic (exact) mass is 443 g/mol. The van der Waals surface area contributed by atoms with Gasteiger partial charge in [0.05, 0.1) is 11.0 Å². The Bertz CT molecular complexity index is 1220. The van der Waals surface area contributed by atoms with E-state index in [9.17, 15) is 18.0 Å². The molecule has 0 radical (unpaired) electrons. The second-order valence-electron chi connectivity index (χ2n) is 6.66. The lowest BCUT2D eigenvalue weighted by Crippen LogP contribution is -2.10. The van der Waals surface area contributed by atoms with Crippen molar-refractivity contribution in [2.45, 2.75) is 17.0 Å². The van der Waals surface area contributed by atoms with Crippen LogP contribution >= 0.6 is 11.8 Å². The molecule has 0 atom stereocenters. The van der Waals surface area contributed by atoms with Gasteiger partial charge in [-0.3, -0.25) is 9.36 Å². The molecule has 5 nitrogen and oxygen atoms in total. The lowest BCUT2D eigenvalue weighted by Gasteiger charge is -2.10. The summed E-state index contributed by atoms with van der Waals surface area (Å²) in [7, 11) is 0. The molecule has 0 saturated carbocycles. The molecule has 0 spiro atoms. The van der Waals surface area contributed by atoms with Crippen LogP contribution in [0.1, 0.15) is 15.9 Å². The molecule has 9 heteroatoms. The molecule has 0 saturated heterocycles. The van der Waals surface area contributed by atoms with Crippen LogP contribution in [0.15, 0.2) is 78.0 Å². The molecule has 0 bridgehead atoms. The van der Waals surface area contributed by atoms with Crippen LogP contribution in [-0.4, -0.2) is 21.0 Å². The molecule has 0 aliphatic heterocycles. The minimum Gasteiger partial charge on any atom is -0.489 e. The Morgan fingerprint density at radius 1 is 1.03 bits per heavy atom. The number of nitrogens with zero attached hydrogens (tertiary/aromatic N) is 2. The number of carbonyl (C=O) groups excluding carboxylic acids is 1. The standard InChI is InChI=1S/C22H16F3N3O2S/c23-22(24,25)31-18-8-1-14(2-9-18)12-30-17-6-4-16(5-7-17)28-13-27-19-11-15(21(26)29)3-10-20(19)28/h1-11,13H,12H2,(H2,26,29). The summed E-state index contributed by atoms with van der Waals surface area (Å²) in [5, 5.41) is 0. The van der Waals surface area contributed by atoms with Crippen LogP contribution in [0.4, 0.5) is 13.2 Å². The normalized spacial score (nSPS) is 11.6. The van der Waals surface area contributed by atoms with Crippen LogP contribution in [-0.2, 0) is 6.61 Å². The number of halogens is 3. The van der Waals surface area contributed by atoms with E-state index >= 15 is 0 Å². The first-order valence-electron chi connectivity index (χ1n) is 9.13. The molecule has 2 N–H and O–H groups in total. The van der Waals surface area contributed by atoms with Crippen LogP contribution in [0.25, 0.3) is 16.7 Å². The van der Waals surface area contributed by atoms with Crippen LogP contribution < -0.4 is 10.5 Å². The fourth-order valence-corrected chi connectivity index (χ4v) is 3.57. The topological polar surface area (TPSA) is 70.1 Å². The second kappa shape index (κ2) is 8.35. The minimum atomic E-state index is -4.30. The molecule has 0 aliphatic carbocycles. The van der Waals surface area contributed by atoms with Crippen molar-refractivity contribution >= 4 is 28.7 Å². The number of rotatable bonds is 6. The summed E-state index contributed by atoms with van der Waals surface area (Å²) >= 11 is -0.144. The van der Waals surface area contributed by atoms with Gasteiger partial charge in [-0.2, -0.15) is 13.2 Å². The van der Waals surface area contributed by atoms with Crippen LogP contribution in [0.5, 0.6) is 5.75 Å². The third-order valence-corrected chi connectivity index (χ3v) is 5.25. The average molecular weight is 443 g/mol. The van der Waals surface area contributed by atoms with Crippen LogP contribution in [0.3, 0.4) is 0 Å². The molecule has 0 unspecified atom stereocenters. The largest absolute Gasteiger partial charge is 0.489 e. The van der Waals surface area contributed by atoms with Gasteiger partial charge in [0.25, 0.3) is 0 Å². The number of fused-ring (bicyclic) bond motifs is 1. The van der Waals surface area contributed by atoms with Crippen LogP contribution in [0.2, 0.25) is 0 Å². The number of imidazole rings is 1. The number of nitrogens with two attached hydrogens (primary N) is 1. The predicted molar refractivity (Wildman–Crippen MR) is 112 cm³/mol. The number of hydrogen-bond acceptors (Lipinski definition) is 4. The first kappa shape index (κ1) is 20.8. The van der Waals surface area contributed by atoms with E-state index in [0.29, 0.717) is 16.8 Å². The maximum Gasteiger partial charge on any atom is 0.446 e. The number of thioether (sulfide) groups is 1. The quantitative estimate of drug-likeness (QED) is 0.410. The number of aromatic nitrogens is 2. The summed E-state index contributed by atoms with van der Waals surface area (Å²) in [6.45, 7) is 0.236. The Kier molecular flexibility index (Phi) is 5.60. The smallest absolute Gasteiger partial charge is 0.446 e. The maximum atomic E-state index is 12.4. The van der Waals surface area contributed by atoms with E-state index in [-0.39, 0.29) is 23.3 Å². The van der Waals surface area contributed by atoms with Crippen molar-refractivity contribution in [3.8, 4) is 11.4 Å². The van der Waals surface area contributed by atoms with Gasteiger partial charge >= 0.3 is 5.51 Å². The number of amides is 1. The zero-order valence-electron chi connectivity index (χ0n) is 16.0. The van der Waals surface area contributed by atoms with Gasteiger partial charge in [0, 0.05) is 16.1 Å². The summed E-state index contributed by atoms with van der Waals surface area (Å²) in [6.07, 6.45) is 1.66. The summed E-state index contributed by atoms with van der Waals surface area (Å²) in [5.41, 5.74) is 4.51. The molecule has 3 aromatic carbocycles. The van der Waals surface area contributed by atoms with Gasteiger partial charge in [-0.15, -0.1) is 0 Å². The zero-order valence-corrected chi connectivity index (χ0v) is 16.8. The SMILES string of the molecule is NC(=O)c1ccc2c(c1)ncn2-c1ccc(OCc2ccc(SC(F)(F)F)cc2)cc1. The first-order valence-corrected chi connectivity index (χ1v) is 9.95. The van der Waals surface area contributed by atoms with E-state index in [1.807, 2.05) is 16.7 Å². The van der Waals surface area contributed by atoms with Gasteiger partial charge in [0.15, 0.2) is 0 Å². The lowest BCUT2D eigenvalue weighted by molar-refractivity contribution is -0.0328.